The summed E-state index contributed by atoms with van der Waals surface area (Å²) in [5.41, 5.74) is 5.94. The number of piperidine rings is 1. The summed E-state index contributed by atoms with van der Waals surface area (Å²) >= 11 is 0. The van der Waals surface area contributed by atoms with Crippen molar-refractivity contribution in [1.82, 2.24) is 10.3 Å². The number of carbonyl (C=O) groups is 1. The molecule has 1 saturated heterocycles. The molecule has 1 fully saturated rings. The first-order valence-corrected chi connectivity index (χ1v) is 11.1. The Morgan fingerprint density at radius 2 is 1.93 bits per heavy atom. The zero-order valence-electron chi connectivity index (χ0n) is 18.3. The van der Waals surface area contributed by atoms with Crippen LogP contribution in [0.15, 0.2) is 48.5 Å². The molecule has 3 aromatic rings. The number of amides is 1. The third-order valence-corrected chi connectivity index (χ3v) is 6.58. The van der Waals surface area contributed by atoms with Crippen molar-refractivity contribution in [1.29, 1.82) is 0 Å². The summed E-state index contributed by atoms with van der Waals surface area (Å²) in [6.07, 6.45) is 3.92. The maximum absolute atomic E-state index is 13.1. The summed E-state index contributed by atoms with van der Waals surface area (Å²) < 4.78 is 0. The number of hydrogen-bond donors (Lipinski definition) is 2. The fourth-order valence-electron chi connectivity index (χ4n) is 4.47. The van der Waals surface area contributed by atoms with Crippen molar-refractivity contribution in [2.75, 3.05) is 19.6 Å². The molecule has 2 atom stereocenters. The van der Waals surface area contributed by atoms with Crippen LogP contribution in [0, 0.1) is 13.8 Å². The molecule has 1 aromatic heterocycles. The van der Waals surface area contributed by atoms with Gasteiger partial charge in [-0.2, -0.15) is 0 Å². The first-order chi connectivity index (χ1) is 14.5. The molecular formula is C26H32N3O+. The van der Waals surface area contributed by atoms with Crippen LogP contribution in [0.4, 0.5) is 0 Å². The first kappa shape index (κ1) is 20.5. The van der Waals surface area contributed by atoms with E-state index >= 15 is 0 Å². The largest absolute Gasteiger partial charge is 0.346 e. The SMILES string of the molecule is Cc1ccc(-c2cc(C(=O)NCC[NH+]3CCCCC3C)c3ccccc3n2)cc1C. The van der Waals surface area contributed by atoms with Gasteiger partial charge in [0.05, 0.1) is 42.5 Å². The molecule has 30 heavy (non-hydrogen) atoms. The quantitative estimate of drug-likeness (QED) is 0.684. The van der Waals surface area contributed by atoms with E-state index in [0.29, 0.717) is 18.2 Å². The van der Waals surface area contributed by atoms with Crippen molar-refractivity contribution in [2.45, 2.75) is 46.1 Å². The average molecular weight is 403 g/mol. The number of nitrogens with zero attached hydrogens (tertiary/aromatic N) is 1. The minimum absolute atomic E-state index is 0.0113. The van der Waals surface area contributed by atoms with Crippen molar-refractivity contribution in [2.24, 2.45) is 0 Å². The first-order valence-electron chi connectivity index (χ1n) is 11.1. The standard InChI is InChI=1S/C26H31N3O/c1-18-11-12-21(16-19(18)2)25-17-23(22-9-4-5-10-24(22)28-25)26(30)27-13-15-29-14-7-6-8-20(29)3/h4-5,9-12,16-17,20H,6-8,13-15H2,1-3H3,(H,27,30)/p+1. The normalized spacial score (nSPS) is 19.0. The van der Waals surface area contributed by atoms with Gasteiger partial charge in [-0.3, -0.25) is 4.79 Å². The molecule has 2 unspecified atom stereocenters. The number of rotatable bonds is 5. The number of aryl methyl sites for hydroxylation is 2. The number of carbonyl (C=O) groups excluding carboxylic acids is 1. The highest BCUT2D eigenvalue weighted by molar-refractivity contribution is 6.07. The second-order valence-electron chi connectivity index (χ2n) is 8.68. The number of benzene rings is 2. The molecular weight excluding hydrogens is 370 g/mol. The van der Waals surface area contributed by atoms with Gasteiger partial charge in [-0.25, -0.2) is 4.98 Å². The minimum atomic E-state index is -0.0113. The van der Waals surface area contributed by atoms with Gasteiger partial charge in [0, 0.05) is 10.9 Å². The van der Waals surface area contributed by atoms with E-state index in [1.165, 1.54) is 36.9 Å². The number of likely N-dealkylation sites (tertiary alicyclic amines) is 1. The van der Waals surface area contributed by atoms with E-state index in [4.69, 9.17) is 4.98 Å². The molecule has 4 heteroatoms. The van der Waals surface area contributed by atoms with E-state index in [1.54, 1.807) is 4.90 Å². The van der Waals surface area contributed by atoms with Crippen LogP contribution in [0.1, 0.15) is 47.7 Å². The molecule has 2 heterocycles. The van der Waals surface area contributed by atoms with Crippen molar-refractivity contribution < 1.29 is 9.69 Å². The maximum atomic E-state index is 13.1. The Bertz CT molecular complexity index is 1060. The third-order valence-electron chi connectivity index (χ3n) is 6.58. The van der Waals surface area contributed by atoms with Gasteiger partial charge in [0.15, 0.2) is 0 Å². The van der Waals surface area contributed by atoms with Crippen molar-refractivity contribution in [3.05, 3.63) is 65.2 Å². The number of nitrogens with one attached hydrogen (secondary N) is 2. The summed E-state index contributed by atoms with van der Waals surface area (Å²) in [5, 5.41) is 4.07. The number of fused-ring (bicyclic) bond motifs is 1. The van der Waals surface area contributed by atoms with E-state index in [0.717, 1.165) is 28.7 Å². The van der Waals surface area contributed by atoms with Gasteiger partial charge < -0.3 is 10.2 Å². The molecule has 0 bridgehead atoms. The molecule has 0 aliphatic carbocycles. The van der Waals surface area contributed by atoms with Crippen molar-refractivity contribution >= 4 is 16.8 Å². The van der Waals surface area contributed by atoms with Gasteiger partial charge >= 0.3 is 0 Å². The van der Waals surface area contributed by atoms with Crippen molar-refractivity contribution in [3.8, 4) is 11.3 Å². The highest BCUT2D eigenvalue weighted by Gasteiger charge is 2.21. The second kappa shape index (κ2) is 8.97. The smallest absolute Gasteiger partial charge is 0.252 e. The number of pyridine rings is 1. The summed E-state index contributed by atoms with van der Waals surface area (Å²) in [6, 6.07) is 16.9. The molecule has 0 spiro atoms. The lowest BCUT2D eigenvalue weighted by molar-refractivity contribution is -0.927. The van der Waals surface area contributed by atoms with Gasteiger partial charge in [-0.05, 0) is 69.4 Å². The second-order valence-corrected chi connectivity index (χ2v) is 8.68. The maximum Gasteiger partial charge on any atom is 0.252 e. The molecule has 1 aliphatic rings. The van der Waals surface area contributed by atoms with Crippen LogP contribution in [-0.4, -0.2) is 36.6 Å². The zero-order chi connectivity index (χ0) is 21.1. The third kappa shape index (κ3) is 4.39. The molecule has 2 aromatic carbocycles. The average Bonchev–Trinajstić information content (AvgIpc) is 2.76. The molecule has 1 amide bonds. The molecule has 4 rings (SSSR count). The Morgan fingerprint density at radius 3 is 2.73 bits per heavy atom. The van der Waals surface area contributed by atoms with E-state index in [1.807, 2.05) is 30.3 Å². The number of para-hydroxylation sites is 1. The van der Waals surface area contributed by atoms with Crippen LogP contribution in [0.2, 0.25) is 0 Å². The summed E-state index contributed by atoms with van der Waals surface area (Å²) in [4.78, 5) is 19.6. The van der Waals surface area contributed by atoms with Gasteiger partial charge in [-0.1, -0.05) is 30.3 Å². The summed E-state index contributed by atoms with van der Waals surface area (Å²) in [7, 11) is 0. The van der Waals surface area contributed by atoms with Gasteiger partial charge in [0.25, 0.3) is 5.91 Å². The molecule has 0 saturated carbocycles. The highest BCUT2D eigenvalue weighted by atomic mass is 16.1. The summed E-state index contributed by atoms with van der Waals surface area (Å²) in [5.74, 6) is -0.0113. The molecule has 156 valence electrons. The highest BCUT2D eigenvalue weighted by Crippen LogP contribution is 2.26. The van der Waals surface area contributed by atoms with Gasteiger partial charge in [0.2, 0.25) is 0 Å². The van der Waals surface area contributed by atoms with Crippen LogP contribution in [0.3, 0.4) is 0 Å². The van der Waals surface area contributed by atoms with E-state index < -0.39 is 0 Å². The van der Waals surface area contributed by atoms with E-state index in [-0.39, 0.29) is 5.91 Å². The Labute approximate surface area is 179 Å². The molecule has 0 radical (unpaired) electrons. The zero-order valence-corrected chi connectivity index (χ0v) is 18.3. The van der Waals surface area contributed by atoms with E-state index in [2.05, 4.69) is 44.3 Å². The predicted molar refractivity (Wildman–Crippen MR) is 123 cm³/mol. The van der Waals surface area contributed by atoms with Gasteiger partial charge in [-0.15, -0.1) is 0 Å². The van der Waals surface area contributed by atoms with Crippen LogP contribution >= 0.6 is 0 Å². The predicted octanol–water partition coefficient (Wildman–Crippen LogP) is 3.71. The molecule has 2 N–H and O–H groups in total. The van der Waals surface area contributed by atoms with Gasteiger partial charge in [0.1, 0.15) is 0 Å². The van der Waals surface area contributed by atoms with Crippen LogP contribution in [0.25, 0.3) is 22.2 Å². The minimum Gasteiger partial charge on any atom is -0.346 e. The van der Waals surface area contributed by atoms with Crippen LogP contribution in [-0.2, 0) is 0 Å². The van der Waals surface area contributed by atoms with Crippen molar-refractivity contribution in [3.63, 3.8) is 0 Å². The Kier molecular flexibility index (Phi) is 6.14. The fraction of sp³-hybridized carbons (Fsp3) is 0.385. The fourth-order valence-corrected chi connectivity index (χ4v) is 4.47. The Balaban J connectivity index is 1.58. The Morgan fingerprint density at radius 1 is 1.10 bits per heavy atom. The lowest BCUT2D eigenvalue weighted by Crippen LogP contribution is -3.16. The lowest BCUT2D eigenvalue weighted by atomic mass is 10.0. The lowest BCUT2D eigenvalue weighted by Gasteiger charge is -2.30. The van der Waals surface area contributed by atoms with E-state index in [9.17, 15) is 4.79 Å². The summed E-state index contributed by atoms with van der Waals surface area (Å²) in [6.45, 7) is 9.44. The Hall–Kier alpha value is -2.72. The van der Waals surface area contributed by atoms with Crippen LogP contribution in [0.5, 0.6) is 0 Å². The topological polar surface area (TPSA) is 46.4 Å². The van der Waals surface area contributed by atoms with Crippen LogP contribution < -0.4 is 10.2 Å². The number of hydrogen-bond acceptors (Lipinski definition) is 2. The number of aromatic nitrogens is 1. The monoisotopic (exact) mass is 402 g/mol. The molecule has 4 nitrogen and oxygen atoms in total. The number of quaternary nitrogens is 1. The molecule has 1 aliphatic heterocycles.